The molecule has 12 heteroatoms. The van der Waals surface area contributed by atoms with Gasteiger partial charge < -0.3 is 54.7 Å². The second kappa shape index (κ2) is 7.47. The van der Waals surface area contributed by atoms with Gasteiger partial charge in [0.2, 0.25) is 11.4 Å². The highest BCUT2D eigenvalue weighted by atomic mass is 16.8. The molecule has 0 radical (unpaired) electrons. The molecule has 0 saturated carbocycles. The van der Waals surface area contributed by atoms with Gasteiger partial charge in [0, 0.05) is 6.42 Å². The zero-order chi connectivity index (χ0) is 20.0. The first kappa shape index (κ1) is 20.8. The van der Waals surface area contributed by atoms with Crippen molar-refractivity contribution in [3.63, 3.8) is 0 Å². The van der Waals surface area contributed by atoms with Crippen LogP contribution in [-0.4, -0.2) is 116 Å². The fraction of sp³-hybridized carbons (Fsp3) is 0.933. The Labute approximate surface area is 153 Å². The molecule has 0 spiro atoms. The summed E-state index contributed by atoms with van der Waals surface area (Å²) < 4.78 is 21.6. The lowest BCUT2D eigenvalue weighted by atomic mass is 9.82. The van der Waals surface area contributed by atoms with E-state index in [4.69, 9.17) is 18.9 Å². The summed E-state index contributed by atoms with van der Waals surface area (Å²) in [5.41, 5.74) is -1.88. The molecule has 3 saturated heterocycles. The molecule has 3 heterocycles. The number of aliphatic hydroxyl groups excluding tert-OH is 7. The van der Waals surface area contributed by atoms with Crippen LogP contribution >= 0.6 is 0 Å². The summed E-state index contributed by atoms with van der Waals surface area (Å²) >= 11 is 0. The van der Waals surface area contributed by atoms with Crippen molar-refractivity contribution in [2.75, 3.05) is 19.8 Å². The Bertz CT molecular complexity index is 579. The lowest BCUT2D eigenvalue weighted by molar-refractivity contribution is -0.423. The Morgan fingerprint density at radius 2 is 1.59 bits per heavy atom. The van der Waals surface area contributed by atoms with Gasteiger partial charge in [-0.2, -0.15) is 5.26 Å². The molecule has 12 nitrogen and oxygen atoms in total. The zero-order valence-corrected chi connectivity index (χ0v) is 14.2. The molecule has 154 valence electrons. The van der Waals surface area contributed by atoms with Crippen molar-refractivity contribution in [1.29, 1.82) is 5.26 Å². The average molecular weight is 393 g/mol. The van der Waals surface area contributed by atoms with Gasteiger partial charge in [-0.1, -0.05) is 0 Å². The molecule has 1 unspecified atom stereocenters. The molecule has 3 fully saturated rings. The van der Waals surface area contributed by atoms with E-state index in [1.165, 1.54) is 0 Å². The third-order valence-electron chi connectivity index (χ3n) is 5.29. The number of ether oxygens (including phenoxy) is 4. The molecule has 0 aromatic heterocycles. The highest BCUT2D eigenvalue weighted by molar-refractivity contribution is 5.21. The molecular formula is C15H23NO11. The van der Waals surface area contributed by atoms with Crippen LogP contribution < -0.4 is 0 Å². The molecular weight excluding hydrogens is 370 g/mol. The first-order valence-electron chi connectivity index (χ1n) is 8.45. The minimum atomic E-state index is -2.36. The van der Waals surface area contributed by atoms with E-state index in [2.05, 4.69) is 0 Å². The van der Waals surface area contributed by atoms with Crippen LogP contribution in [0.3, 0.4) is 0 Å². The Hall–Kier alpha value is -0.950. The van der Waals surface area contributed by atoms with Crippen LogP contribution in [0.1, 0.15) is 6.42 Å². The molecule has 3 rings (SSSR count). The number of nitrogens with zero attached hydrogens (tertiary/aromatic N) is 1. The van der Waals surface area contributed by atoms with E-state index in [9.17, 15) is 41.0 Å². The molecule has 0 amide bonds. The van der Waals surface area contributed by atoms with E-state index in [1.54, 1.807) is 0 Å². The van der Waals surface area contributed by atoms with Crippen LogP contribution in [0.25, 0.3) is 0 Å². The first-order valence-corrected chi connectivity index (χ1v) is 8.45. The fourth-order valence-corrected chi connectivity index (χ4v) is 3.55. The number of nitriles is 1. The van der Waals surface area contributed by atoms with Gasteiger partial charge in [-0.05, 0) is 0 Å². The van der Waals surface area contributed by atoms with Crippen molar-refractivity contribution in [3.8, 4) is 6.07 Å². The standard InChI is InChI=1S/C15H23NO11/c16-5-14(1-2-24-14)15(12(23)9(20)7(4-18)26-15)27-13-11(22)10(21)8(19)6(3-17)25-13/h6-13,17-23H,1-4H2/t6-,7-,8-,9-,10+,11-,12+,13-,14?,15-/m1/s1. The minimum Gasteiger partial charge on any atom is -0.394 e. The van der Waals surface area contributed by atoms with Crippen molar-refractivity contribution in [1.82, 2.24) is 0 Å². The van der Waals surface area contributed by atoms with E-state index in [-0.39, 0.29) is 13.0 Å². The number of rotatable bonds is 5. The Kier molecular flexibility index (Phi) is 5.75. The van der Waals surface area contributed by atoms with Gasteiger partial charge in [0.25, 0.3) is 0 Å². The van der Waals surface area contributed by atoms with Crippen molar-refractivity contribution in [3.05, 3.63) is 0 Å². The molecule has 10 atom stereocenters. The maximum atomic E-state index is 10.6. The molecule has 27 heavy (non-hydrogen) atoms. The van der Waals surface area contributed by atoms with Gasteiger partial charge in [0.15, 0.2) is 6.29 Å². The molecule has 0 aliphatic carbocycles. The van der Waals surface area contributed by atoms with Crippen LogP contribution in [0.5, 0.6) is 0 Å². The second-order valence-electron chi connectivity index (χ2n) is 6.79. The van der Waals surface area contributed by atoms with E-state index < -0.39 is 73.6 Å². The number of hydrogen-bond donors (Lipinski definition) is 7. The summed E-state index contributed by atoms with van der Waals surface area (Å²) in [4.78, 5) is 0. The molecule has 3 aliphatic rings. The summed E-state index contributed by atoms with van der Waals surface area (Å²) in [6.45, 7) is -1.30. The Balaban J connectivity index is 1.95. The molecule has 3 aliphatic heterocycles. The topological polar surface area (TPSA) is 202 Å². The van der Waals surface area contributed by atoms with Crippen molar-refractivity contribution in [2.45, 2.75) is 66.8 Å². The molecule has 0 aromatic carbocycles. The highest BCUT2D eigenvalue weighted by Gasteiger charge is 2.71. The normalized spacial score (nSPS) is 53.0. The summed E-state index contributed by atoms with van der Waals surface area (Å²) in [5.74, 6) is -2.36. The van der Waals surface area contributed by atoms with Gasteiger partial charge in [0.05, 0.1) is 19.8 Å². The summed E-state index contributed by atoms with van der Waals surface area (Å²) in [7, 11) is 0. The van der Waals surface area contributed by atoms with Crippen molar-refractivity contribution in [2.24, 2.45) is 0 Å². The number of hydrogen-bond acceptors (Lipinski definition) is 12. The molecule has 0 aromatic rings. The van der Waals surface area contributed by atoms with E-state index in [1.807, 2.05) is 6.07 Å². The predicted molar refractivity (Wildman–Crippen MR) is 80.5 cm³/mol. The largest absolute Gasteiger partial charge is 0.394 e. The molecule has 7 N–H and O–H groups in total. The average Bonchev–Trinajstić information content (AvgIpc) is 2.87. The summed E-state index contributed by atoms with van der Waals surface area (Å²) in [6, 6.07) is 1.82. The lowest BCUT2D eigenvalue weighted by Gasteiger charge is -2.51. The monoisotopic (exact) mass is 393 g/mol. The van der Waals surface area contributed by atoms with Gasteiger partial charge in [0.1, 0.15) is 48.8 Å². The van der Waals surface area contributed by atoms with Crippen LogP contribution in [0.15, 0.2) is 0 Å². The Morgan fingerprint density at radius 1 is 0.963 bits per heavy atom. The van der Waals surface area contributed by atoms with E-state index >= 15 is 0 Å². The number of aliphatic hydroxyl groups is 7. The van der Waals surface area contributed by atoms with Gasteiger partial charge >= 0.3 is 0 Å². The smallest absolute Gasteiger partial charge is 0.244 e. The van der Waals surface area contributed by atoms with Crippen LogP contribution in [0.4, 0.5) is 0 Å². The summed E-state index contributed by atoms with van der Waals surface area (Å²) in [6.07, 6.45) is -13.1. The summed E-state index contributed by atoms with van der Waals surface area (Å²) in [5, 5.41) is 78.9. The van der Waals surface area contributed by atoms with Crippen LogP contribution in [-0.2, 0) is 18.9 Å². The van der Waals surface area contributed by atoms with Crippen molar-refractivity contribution < 1.29 is 54.7 Å². The first-order chi connectivity index (χ1) is 12.8. The maximum absolute atomic E-state index is 10.6. The van der Waals surface area contributed by atoms with Gasteiger partial charge in [-0.15, -0.1) is 0 Å². The third kappa shape index (κ3) is 2.96. The Morgan fingerprint density at radius 3 is 2.04 bits per heavy atom. The van der Waals surface area contributed by atoms with Gasteiger partial charge in [-0.25, -0.2) is 0 Å². The second-order valence-corrected chi connectivity index (χ2v) is 6.79. The fourth-order valence-electron chi connectivity index (χ4n) is 3.55. The van der Waals surface area contributed by atoms with E-state index in [0.29, 0.717) is 0 Å². The predicted octanol–water partition coefficient (Wildman–Crippen LogP) is -4.71. The highest BCUT2D eigenvalue weighted by Crippen LogP contribution is 2.49. The van der Waals surface area contributed by atoms with Gasteiger partial charge in [-0.3, -0.25) is 0 Å². The van der Waals surface area contributed by atoms with Crippen molar-refractivity contribution >= 4 is 0 Å². The third-order valence-corrected chi connectivity index (χ3v) is 5.29. The lowest BCUT2D eigenvalue weighted by Crippen LogP contribution is -2.71. The zero-order valence-electron chi connectivity index (χ0n) is 14.2. The quantitative estimate of drug-likeness (QED) is 0.235. The van der Waals surface area contributed by atoms with E-state index in [0.717, 1.165) is 0 Å². The minimum absolute atomic E-state index is 0.0445. The SMILES string of the molecule is N#CC1([C@@]2(O[C@H]3O[C@H](CO)[C@@H](O)[C@H](O)[C@H]3O)O[C@H](CO)[C@@H](O)[C@@H]2O)CCO1. The maximum Gasteiger partial charge on any atom is 0.244 e. The van der Waals surface area contributed by atoms with Crippen LogP contribution in [0, 0.1) is 11.3 Å². The van der Waals surface area contributed by atoms with Crippen LogP contribution in [0.2, 0.25) is 0 Å². The molecule has 0 bridgehead atoms.